The monoisotopic (exact) mass is 612 g/mol. The molecular formula is C31H34F6N2O4. The summed E-state index contributed by atoms with van der Waals surface area (Å²) in [5, 5.41) is 2.41. The molecule has 12 heteroatoms. The van der Waals surface area contributed by atoms with Crippen molar-refractivity contribution in [2.45, 2.75) is 83.4 Å². The van der Waals surface area contributed by atoms with Gasteiger partial charge in [-0.1, -0.05) is 54.6 Å². The van der Waals surface area contributed by atoms with Crippen molar-refractivity contribution in [3.63, 3.8) is 0 Å². The van der Waals surface area contributed by atoms with Gasteiger partial charge in [-0.15, -0.1) is 0 Å². The number of carbonyl (C=O) groups excluding carboxylic acids is 3. The normalized spacial score (nSPS) is 17.3. The van der Waals surface area contributed by atoms with E-state index in [1.165, 1.54) is 20.8 Å². The average Bonchev–Trinajstić information content (AvgIpc) is 3.02. The Bertz CT molecular complexity index is 1320. The van der Waals surface area contributed by atoms with Gasteiger partial charge >= 0.3 is 18.3 Å². The lowest BCUT2D eigenvalue weighted by atomic mass is 9.83. The Hall–Kier alpha value is -3.70. The summed E-state index contributed by atoms with van der Waals surface area (Å²) >= 11 is 0. The summed E-state index contributed by atoms with van der Waals surface area (Å²) in [6, 6.07) is 15.7. The fraction of sp³-hybridized carbons (Fsp3) is 0.484. The maximum Gasteiger partial charge on any atom is 0.389 e. The molecule has 1 amide bonds. The molecule has 3 rings (SSSR count). The van der Waals surface area contributed by atoms with Gasteiger partial charge in [0.15, 0.2) is 11.9 Å². The van der Waals surface area contributed by atoms with Gasteiger partial charge in [-0.25, -0.2) is 0 Å². The van der Waals surface area contributed by atoms with Crippen molar-refractivity contribution in [2.24, 2.45) is 16.8 Å². The van der Waals surface area contributed by atoms with E-state index in [4.69, 9.17) is 4.74 Å². The molecule has 1 N–H and O–H groups in total. The number of alkyl halides is 6. The number of ketones is 1. The number of nitrogens with one attached hydrogen (secondary N) is 1. The number of Topliss-reactive ketones (excluding diaryl/α,β-unsaturated/α-hetero) is 1. The lowest BCUT2D eigenvalue weighted by Gasteiger charge is -2.30. The standard InChI is InChI=1S/C31H34F6N2O4/c1-29(2,3)43-28(42)23(14-9-16-30(32,33)34)22(15-17-31(35,36)37)27(41)39-26-24(40)18-20-12-7-8-13-21(20)25(38-26)19-10-5-4-6-11-19/h4-8,10-13,22-23,26H,9,14-18H2,1-3H3,(H,39,41)/t22-,23+,26?/m1/s1. The molecule has 1 aliphatic rings. The topological polar surface area (TPSA) is 84.8 Å². The molecule has 3 atom stereocenters. The summed E-state index contributed by atoms with van der Waals surface area (Å²) in [5.74, 6) is -6.11. The van der Waals surface area contributed by atoms with Crippen LogP contribution in [0.1, 0.15) is 69.6 Å². The molecule has 0 saturated carbocycles. The summed E-state index contributed by atoms with van der Waals surface area (Å²) < 4.78 is 84.0. The predicted octanol–water partition coefficient (Wildman–Crippen LogP) is 6.74. The highest BCUT2D eigenvalue weighted by molar-refractivity contribution is 6.16. The molecule has 2 aromatic carbocycles. The van der Waals surface area contributed by atoms with Crippen LogP contribution in [0.5, 0.6) is 0 Å². The maximum absolute atomic E-state index is 13.6. The van der Waals surface area contributed by atoms with Crippen molar-refractivity contribution in [3.8, 4) is 0 Å². The molecule has 0 fully saturated rings. The Morgan fingerprint density at radius 1 is 0.884 bits per heavy atom. The third-order valence-electron chi connectivity index (χ3n) is 6.77. The van der Waals surface area contributed by atoms with Gasteiger partial charge in [0.25, 0.3) is 0 Å². The first-order valence-electron chi connectivity index (χ1n) is 13.8. The summed E-state index contributed by atoms with van der Waals surface area (Å²) in [6.07, 6.45) is -15.8. The zero-order valence-electron chi connectivity index (χ0n) is 24.0. The van der Waals surface area contributed by atoms with Crippen LogP contribution in [0.25, 0.3) is 0 Å². The van der Waals surface area contributed by atoms with Gasteiger partial charge in [-0.2, -0.15) is 26.3 Å². The molecule has 0 bridgehead atoms. The number of halogens is 6. The van der Waals surface area contributed by atoms with Crippen LogP contribution in [0.4, 0.5) is 26.3 Å². The Morgan fingerprint density at radius 3 is 2.09 bits per heavy atom. The molecule has 6 nitrogen and oxygen atoms in total. The van der Waals surface area contributed by atoms with Crippen LogP contribution in [0.2, 0.25) is 0 Å². The van der Waals surface area contributed by atoms with Crippen molar-refractivity contribution in [3.05, 3.63) is 71.3 Å². The molecule has 0 aliphatic carbocycles. The zero-order chi connectivity index (χ0) is 32.0. The van der Waals surface area contributed by atoms with E-state index in [1.54, 1.807) is 54.6 Å². The van der Waals surface area contributed by atoms with Gasteiger partial charge < -0.3 is 10.1 Å². The second-order valence-electron chi connectivity index (χ2n) is 11.5. The van der Waals surface area contributed by atoms with Crippen molar-refractivity contribution in [1.29, 1.82) is 0 Å². The quantitative estimate of drug-likeness (QED) is 0.238. The highest BCUT2D eigenvalue weighted by Gasteiger charge is 2.41. The van der Waals surface area contributed by atoms with Crippen LogP contribution in [0, 0.1) is 11.8 Å². The SMILES string of the molecule is CC(C)(C)OC(=O)[C@@H](CCCC(F)(F)F)[C@@H](CCC(F)(F)F)C(=O)NC1N=C(c2ccccc2)c2ccccc2CC1=O. The number of ether oxygens (including phenoxy) is 1. The maximum atomic E-state index is 13.6. The van der Waals surface area contributed by atoms with E-state index >= 15 is 0 Å². The second-order valence-corrected chi connectivity index (χ2v) is 11.5. The number of nitrogens with zero attached hydrogens (tertiary/aromatic N) is 1. The summed E-state index contributed by atoms with van der Waals surface area (Å²) in [4.78, 5) is 44.6. The molecule has 1 aliphatic heterocycles. The van der Waals surface area contributed by atoms with Crippen molar-refractivity contribution in [2.75, 3.05) is 0 Å². The number of aliphatic imine (C=N–C) groups is 1. The Kier molecular flexibility index (Phi) is 10.8. The van der Waals surface area contributed by atoms with E-state index in [9.17, 15) is 40.7 Å². The molecule has 2 aromatic rings. The zero-order valence-corrected chi connectivity index (χ0v) is 24.0. The minimum absolute atomic E-state index is 0.144. The number of benzene rings is 2. The van der Waals surface area contributed by atoms with Gasteiger partial charge in [0, 0.05) is 30.4 Å². The molecule has 0 saturated heterocycles. The van der Waals surface area contributed by atoms with Gasteiger partial charge in [0.05, 0.1) is 17.5 Å². The fourth-order valence-electron chi connectivity index (χ4n) is 4.86. The van der Waals surface area contributed by atoms with E-state index in [0.717, 1.165) is 0 Å². The first-order chi connectivity index (χ1) is 19.9. The number of carbonyl (C=O) groups is 3. The Labute approximate surface area is 245 Å². The number of rotatable bonds is 10. The third-order valence-corrected chi connectivity index (χ3v) is 6.77. The Balaban J connectivity index is 2.00. The van der Waals surface area contributed by atoms with Crippen molar-refractivity contribution in [1.82, 2.24) is 5.32 Å². The predicted molar refractivity (Wildman–Crippen MR) is 147 cm³/mol. The second kappa shape index (κ2) is 13.7. The lowest BCUT2D eigenvalue weighted by Crippen LogP contribution is -2.47. The smallest absolute Gasteiger partial charge is 0.389 e. The van der Waals surface area contributed by atoms with E-state index < -0.39 is 85.7 Å². The molecule has 0 aromatic heterocycles. The molecular weight excluding hydrogens is 578 g/mol. The fourth-order valence-corrected chi connectivity index (χ4v) is 4.86. The molecule has 0 radical (unpaired) electrons. The van der Waals surface area contributed by atoms with E-state index in [0.29, 0.717) is 22.4 Å². The van der Waals surface area contributed by atoms with E-state index in [1.807, 2.05) is 0 Å². The summed E-state index contributed by atoms with van der Waals surface area (Å²) in [6.45, 7) is 4.47. The third kappa shape index (κ3) is 10.5. The van der Waals surface area contributed by atoms with E-state index in [2.05, 4.69) is 10.3 Å². The van der Waals surface area contributed by atoms with Crippen molar-refractivity contribution < 1.29 is 45.5 Å². The highest BCUT2D eigenvalue weighted by Crippen LogP contribution is 2.33. The van der Waals surface area contributed by atoms with Crippen LogP contribution >= 0.6 is 0 Å². The van der Waals surface area contributed by atoms with Crippen LogP contribution < -0.4 is 5.32 Å². The minimum Gasteiger partial charge on any atom is -0.460 e. The van der Waals surface area contributed by atoms with Gasteiger partial charge in [0.1, 0.15) is 5.60 Å². The lowest BCUT2D eigenvalue weighted by molar-refractivity contribution is -0.168. The number of fused-ring (bicyclic) bond motifs is 1. The number of amides is 1. The first-order valence-corrected chi connectivity index (χ1v) is 13.8. The van der Waals surface area contributed by atoms with Gasteiger partial charge in [-0.3, -0.25) is 19.4 Å². The molecule has 1 unspecified atom stereocenters. The van der Waals surface area contributed by atoms with Crippen LogP contribution in [-0.4, -0.2) is 47.5 Å². The number of hydrogen-bond acceptors (Lipinski definition) is 5. The Morgan fingerprint density at radius 2 is 1.49 bits per heavy atom. The largest absolute Gasteiger partial charge is 0.460 e. The summed E-state index contributed by atoms with van der Waals surface area (Å²) in [7, 11) is 0. The number of esters is 1. The average molecular weight is 613 g/mol. The molecule has 0 spiro atoms. The molecule has 43 heavy (non-hydrogen) atoms. The van der Waals surface area contributed by atoms with Crippen LogP contribution in [-0.2, 0) is 25.5 Å². The van der Waals surface area contributed by atoms with Gasteiger partial charge in [-0.05, 0) is 45.6 Å². The summed E-state index contributed by atoms with van der Waals surface area (Å²) in [5.41, 5.74) is 1.12. The van der Waals surface area contributed by atoms with Crippen LogP contribution in [0.15, 0.2) is 59.6 Å². The van der Waals surface area contributed by atoms with Crippen molar-refractivity contribution >= 4 is 23.4 Å². The molecule has 234 valence electrons. The van der Waals surface area contributed by atoms with Gasteiger partial charge in [0.2, 0.25) is 5.91 Å². The molecule has 1 heterocycles. The first kappa shape index (κ1) is 33.8. The van der Waals surface area contributed by atoms with E-state index in [-0.39, 0.29) is 6.42 Å². The van der Waals surface area contributed by atoms with Crippen LogP contribution in [0.3, 0.4) is 0 Å². The minimum atomic E-state index is -4.72. The number of hydrogen-bond donors (Lipinski definition) is 1. The highest BCUT2D eigenvalue weighted by atomic mass is 19.4.